The van der Waals surface area contributed by atoms with Crippen molar-refractivity contribution < 1.29 is 0 Å². The lowest BCUT2D eigenvalue weighted by Crippen LogP contribution is -2.56. The molecule has 2 atom stereocenters. The first kappa shape index (κ1) is 14.6. The maximum atomic E-state index is 6.31. The first-order valence-electron chi connectivity index (χ1n) is 8.25. The maximum Gasteiger partial charge on any atom is 0.0340 e. The Labute approximate surface area is 127 Å². The number of rotatable bonds is 6. The van der Waals surface area contributed by atoms with E-state index in [1.807, 2.05) is 11.3 Å². The Balaban J connectivity index is 1.79. The van der Waals surface area contributed by atoms with Gasteiger partial charge in [0.25, 0.3) is 0 Å². The number of hydrogen-bond donors (Lipinski definition) is 1. The summed E-state index contributed by atoms with van der Waals surface area (Å²) in [5.74, 6) is 0.885. The Bertz CT molecular complexity index is 413. The first-order valence-corrected chi connectivity index (χ1v) is 9.19. The second-order valence-corrected chi connectivity index (χ2v) is 7.57. The molecular formula is C17H28N2S. The van der Waals surface area contributed by atoms with E-state index in [-0.39, 0.29) is 5.54 Å². The lowest BCUT2D eigenvalue weighted by atomic mass is 9.73. The molecule has 112 valence electrons. The fourth-order valence-electron chi connectivity index (χ4n) is 4.02. The summed E-state index contributed by atoms with van der Waals surface area (Å²) >= 11 is 1.81. The summed E-state index contributed by atoms with van der Waals surface area (Å²) in [4.78, 5) is 2.79. The molecule has 0 amide bonds. The van der Waals surface area contributed by atoms with Gasteiger partial charge in [-0.3, -0.25) is 4.90 Å². The van der Waals surface area contributed by atoms with Gasteiger partial charge in [-0.2, -0.15) is 11.3 Å². The van der Waals surface area contributed by atoms with E-state index in [2.05, 4.69) is 28.7 Å². The normalized spacial score (nSPS) is 30.9. The molecule has 1 aromatic heterocycles. The molecule has 2 nitrogen and oxygen atoms in total. The molecule has 3 heteroatoms. The molecule has 0 radical (unpaired) electrons. The van der Waals surface area contributed by atoms with Gasteiger partial charge in [0, 0.05) is 24.7 Å². The fourth-order valence-corrected chi connectivity index (χ4v) is 4.68. The lowest BCUT2D eigenvalue weighted by molar-refractivity contribution is 0.0211. The van der Waals surface area contributed by atoms with Gasteiger partial charge in [-0.05, 0) is 54.0 Å². The molecule has 0 aromatic carbocycles. The van der Waals surface area contributed by atoms with Crippen molar-refractivity contribution in [3.8, 4) is 0 Å². The van der Waals surface area contributed by atoms with E-state index in [4.69, 9.17) is 5.73 Å². The zero-order valence-electron chi connectivity index (χ0n) is 12.7. The minimum atomic E-state index is 0.280. The van der Waals surface area contributed by atoms with Gasteiger partial charge >= 0.3 is 0 Å². The van der Waals surface area contributed by atoms with Gasteiger partial charge < -0.3 is 5.73 Å². The zero-order valence-corrected chi connectivity index (χ0v) is 13.5. The Morgan fingerprint density at radius 3 is 2.85 bits per heavy atom. The molecule has 2 fully saturated rings. The molecular weight excluding hydrogens is 264 g/mol. The van der Waals surface area contributed by atoms with Crippen LogP contribution < -0.4 is 5.73 Å². The van der Waals surface area contributed by atoms with Gasteiger partial charge in [0.1, 0.15) is 0 Å². The van der Waals surface area contributed by atoms with Crippen LogP contribution in [0.3, 0.4) is 0 Å². The zero-order chi connectivity index (χ0) is 14.0. The third-order valence-electron chi connectivity index (χ3n) is 5.41. The van der Waals surface area contributed by atoms with Crippen LogP contribution in [0, 0.1) is 5.92 Å². The van der Waals surface area contributed by atoms with Crippen LogP contribution in [-0.2, 0) is 6.54 Å². The van der Waals surface area contributed by atoms with Gasteiger partial charge in [0.05, 0.1) is 0 Å². The van der Waals surface area contributed by atoms with Crippen LogP contribution in [0.5, 0.6) is 0 Å². The van der Waals surface area contributed by atoms with Gasteiger partial charge in [-0.25, -0.2) is 0 Å². The van der Waals surface area contributed by atoms with Gasteiger partial charge in [0.2, 0.25) is 0 Å². The third-order valence-corrected chi connectivity index (χ3v) is 6.14. The smallest absolute Gasteiger partial charge is 0.0340 e. The molecule has 2 aliphatic carbocycles. The molecule has 0 spiro atoms. The molecule has 0 aliphatic heterocycles. The molecule has 2 N–H and O–H groups in total. The summed E-state index contributed by atoms with van der Waals surface area (Å²) in [6.07, 6.45) is 9.48. The van der Waals surface area contributed by atoms with Crippen LogP contribution in [0.1, 0.15) is 57.4 Å². The Morgan fingerprint density at radius 1 is 1.40 bits per heavy atom. The second kappa shape index (κ2) is 6.17. The first-order chi connectivity index (χ1) is 9.77. The van der Waals surface area contributed by atoms with Crippen molar-refractivity contribution in [1.29, 1.82) is 0 Å². The Hall–Kier alpha value is -0.380. The molecule has 0 bridgehead atoms. The maximum absolute atomic E-state index is 6.31. The van der Waals surface area contributed by atoms with Crippen LogP contribution >= 0.6 is 11.3 Å². The summed E-state index contributed by atoms with van der Waals surface area (Å²) in [6.45, 7) is 4.30. The quantitative estimate of drug-likeness (QED) is 0.858. The van der Waals surface area contributed by atoms with Crippen LogP contribution in [-0.4, -0.2) is 23.0 Å². The molecule has 3 rings (SSSR count). The molecule has 0 saturated heterocycles. The van der Waals surface area contributed by atoms with E-state index in [0.717, 1.165) is 25.0 Å². The van der Waals surface area contributed by atoms with Crippen LogP contribution in [0.2, 0.25) is 0 Å². The number of thiophene rings is 1. The van der Waals surface area contributed by atoms with Crippen molar-refractivity contribution in [2.24, 2.45) is 11.7 Å². The van der Waals surface area contributed by atoms with E-state index in [9.17, 15) is 0 Å². The molecule has 1 aromatic rings. The van der Waals surface area contributed by atoms with E-state index in [0.29, 0.717) is 0 Å². The monoisotopic (exact) mass is 292 g/mol. The number of nitrogens with two attached hydrogens (primary N) is 1. The average Bonchev–Trinajstić information content (AvgIpc) is 3.20. The third kappa shape index (κ3) is 2.95. The van der Waals surface area contributed by atoms with E-state index >= 15 is 0 Å². The highest BCUT2D eigenvalue weighted by molar-refractivity contribution is 7.07. The van der Waals surface area contributed by atoms with Crippen molar-refractivity contribution in [3.05, 3.63) is 22.4 Å². The van der Waals surface area contributed by atoms with Crippen molar-refractivity contribution in [1.82, 2.24) is 4.90 Å². The summed E-state index contributed by atoms with van der Waals surface area (Å²) < 4.78 is 0. The summed E-state index contributed by atoms with van der Waals surface area (Å²) in [5.41, 5.74) is 8.07. The topological polar surface area (TPSA) is 29.3 Å². The summed E-state index contributed by atoms with van der Waals surface area (Å²) in [5, 5.41) is 4.50. The Kier molecular flexibility index (Phi) is 4.49. The van der Waals surface area contributed by atoms with Crippen molar-refractivity contribution in [3.63, 3.8) is 0 Å². The largest absolute Gasteiger partial charge is 0.329 e. The lowest BCUT2D eigenvalue weighted by Gasteiger charge is -2.48. The Morgan fingerprint density at radius 2 is 2.25 bits per heavy atom. The highest BCUT2D eigenvalue weighted by Gasteiger charge is 2.45. The minimum Gasteiger partial charge on any atom is -0.329 e. The summed E-state index contributed by atoms with van der Waals surface area (Å²) in [7, 11) is 0. The van der Waals surface area contributed by atoms with E-state index < -0.39 is 0 Å². The predicted octanol–water partition coefficient (Wildman–Crippen LogP) is 4.01. The number of nitrogens with zero attached hydrogens (tertiary/aromatic N) is 1. The SMILES string of the molecule is CCC1CCCC(CN)(N(Cc2ccsc2)C2CC2)C1. The second-order valence-electron chi connectivity index (χ2n) is 6.79. The standard InChI is InChI=1S/C17H28N2S/c1-2-14-4-3-8-17(10-14,13-18)19(16-5-6-16)11-15-7-9-20-12-15/h7,9,12,14,16H,2-6,8,10-11,13,18H2,1H3. The summed E-state index contributed by atoms with van der Waals surface area (Å²) in [6, 6.07) is 3.08. The van der Waals surface area contributed by atoms with Gasteiger partial charge in [0.15, 0.2) is 0 Å². The van der Waals surface area contributed by atoms with Crippen LogP contribution in [0.15, 0.2) is 16.8 Å². The fraction of sp³-hybridized carbons (Fsp3) is 0.765. The molecule has 1 heterocycles. The number of hydrogen-bond acceptors (Lipinski definition) is 3. The molecule has 20 heavy (non-hydrogen) atoms. The highest BCUT2D eigenvalue weighted by Crippen LogP contribution is 2.43. The van der Waals surface area contributed by atoms with Crippen LogP contribution in [0.4, 0.5) is 0 Å². The molecule has 2 saturated carbocycles. The van der Waals surface area contributed by atoms with Crippen molar-refractivity contribution in [2.75, 3.05) is 6.54 Å². The van der Waals surface area contributed by atoms with Crippen molar-refractivity contribution >= 4 is 11.3 Å². The van der Waals surface area contributed by atoms with E-state index in [1.165, 1.54) is 50.5 Å². The van der Waals surface area contributed by atoms with Gasteiger partial charge in [-0.15, -0.1) is 0 Å². The van der Waals surface area contributed by atoms with E-state index in [1.54, 1.807) is 0 Å². The average molecular weight is 292 g/mol. The highest BCUT2D eigenvalue weighted by atomic mass is 32.1. The van der Waals surface area contributed by atoms with Crippen molar-refractivity contribution in [2.45, 2.75) is 70.0 Å². The minimum absolute atomic E-state index is 0.280. The van der Waals surface area contributed by atoms with Crippen LogP contribution in [0.25, 0.3) is 0 Å². The van der Waals surface area contributed by atoms with Gasteiger partial charge in [-0.1, -0.05) is 26.2 Å². The predicted molar refractivity (Wildman–Crippen MR) is 86.9 cm³/mol. The molecule has 2 aliphatic rings. The molecule has 2 unspecified atom stereocenters.